The number of urea groups is 1. The third-order valence-corrected chi connectivity index (χ3v) is 3.42. The number of unbranched alkanes of at least 4 members (excludes halogenated alkanes) is 1. The Kier molecular flexibility index (Phi) is 11.1. The average Bonchev–Trinajstić information content (AvgIpc) is 2.56. The lowest BCUT2D eigenvalue weighted by Gasteiger charge is -2.18. The molecule has 0 aromatic rings. The third-order valence-electron chi connectivity index (χ3n) is 3.42. The van der Waals surface area contributed by atoms with Crippen molar-refractivity contribution in [2.45, 2.75) is 57.5 Å². The molecule has 3 amide bonds. The summed E-state index contributed by atoms with van der Waals surface area (Å²) in [5, 5.41) is 33.5. The van der Waals surface area contributed by atoms with E-state index in [2.05, 4.69) is 10.6 Å². The molecule has 0 unspecified atom stereocenters. The van der Waals surface area contributed by atoms with Gasteiger partial charge in [-0.25, -0.2) is 14.4 Å². The number of carbonyl (C=O) groups excluding carboxylic acids is 2. The Morgan fingerprint density at radius 3 is 1.85 bits per heavy atom. The number of hydrogen-bond donors (Lipinski definition) is 6. The van der Waals surface area contributed by atoms with Crippen molar-refractivity contribution in [3.05, 3.63) is 0 Å². The minimum absolute atomic E-state index is 0.0949. The quantitative estimate of drug-likeness (QED) is 0.238. The first-order valence-corrected chi connectivity index (χ1v) is 8.18. The molecule has 0 fully saturated rings. The molecular weight excluding hydrogens is 350 g/mol. The molecule has 11 heteroatoms. The zero-order valence-corrected chi connectivity index (χ0v) is 14.5. The lowest BCUT2D eigenvalue weighted by Crippen LogP contribution is -2.51. The molecule has 6 N–H and O–H groups in total. The molecule has 0 aliphatic rings. The highest BCUT2D eigenvalue weighted by Gasteiger charge is 2.24. The van der Waals surface area contributed by atoms with Crippen LogP contribution in [0.1, 0.15) is 45.4 Å². The Morgan fingerprint density at radius 1 is 0.846 bits per heavy atom. The summed E-state index contributed by atoms with van der Waals surface area (Å²) in [6.07, 6.45) is 0.609. The van der Waals surface area contributed by atoms with Crippen LogP contribution in [-0.4, -0.2) is 63.8 Å². The molecule has 0 aliphatic carbocycles. The minimum Gasteiger partial charge on any atom is -0.481 e. The van der Waals surface area contributed by atoms with Crippen molar-refractivity contribution in [2.75, 3.05) is 6.54 Å². The number of carbonyl (C=O) groups is 5. The Balaban J connectivity index is 4.39. The molecule has 2 atom stereocenters. The van der Waals surface area contributed by atoms with E-state index in [-0.39, 0.29) is 18.7 Å². The van der Waals surface area contributed by atoms with E-state index < -0.39 is 42.4 Å². The fraction of sp³-hybridized carbons (Fsp3) is 0.667. The number of nitrogens with one attached hydrogen (secondary N) is 3. The smallest absolute Gasteiger partial charge is 0.326 e. The van der Waals surface area contributed by atoms with Crippen molar-refractivity contribution in [1.29, 1.82) is 0 Å². The van der Waals surface area contributed by atoms with Crippen molar-refractivity contribution in [2.24, 2.45) is 0 Å². The van der Waals surface area contributed by atoms with Crippen LogP contribution in [-0.2, 0) is 19.2 Å². The second-order valence-corrected chi connectivity index (χ2v) is 5.53. The zero-order chi connectivity index (χ0) is 20.1. The van der Waals surface area contributed by atoms with Gasteiger partial charge in [0.15, 0.2) is 0 Å². The molecule has 0 aromatic carbocycles. The molecule has 0 bridgehead atoms. The number of rotatable bonds is 13. The minimum atomic E-state index is -1.44. The van der Waals surface area contributed by atoms with Crippen molar-refractivity contribution in [1.82, 2.24) is 16.0 Å². The molecule has 0 radical (unpaired) electrons. The first-order chi connectivity index (χ1) is 12.2. The molecule has 0 aromatic heterocycles. The Bertz CT molecular complexity index is 523. The van der Waals surface area contributed by atoms with Crippen molar-refractivity contribution < 1.29 is 39.3 Å². The van der Waals surface area contributed by atoms with Gasteiger partial charge in [-0.15, -0.1) is 0 Å². The van der Waals surface area contributed by atoms with Gasteiger partial charge < -0.3 is 31.3 Å². The maximum absolute atomic E-state index is 11.8. The molecule has 0 saturated carbocycles. The molecule has 148 valence electrons. The van der Waals surface area contributed by atoms with E-state index >= 15 is 0 Å². The van der Waals surface area contributed by atoms with Gasteiger partial charge in [-0.3, -0.25) is 9.59 Å². The van der Waals surface area contributed by atoms with Gasteiger partial charge in [0.2, 0.25) is 5.91 Å². The van der Waals surface area contributed by atoms with Crippen LogP contribution in [0.5, 0.6) is 0 Å². The second kappa shape index (κ2) is 12.5. The number of amides is 3. The lowest BCUT2D eigenvalue weighted by atomic mass is 10.1. The summed E-state index contributed by atoms with van der Waals surface area (Å²) in [5.74, 6) is -4.02. The van der Waals surface area contributed by atoms with Crippen LogP contribution in [0.3, 0.4) is 0 Å². The Hall–Kier alpha value is -2.85. The van der Waals surface area contributed by atoms with Crippen molar-refractivity contribution in [3.63, 3.8) is 0 Å². The zero-order valence-electron chi connectivity index (χ0n) is 14.5. The highest BCUT2D eigenvalue weighted by atomic mass is 16.4. The van der Waals surface area contributed by atoms with E-state index in [9.17, 15) is 24.0 Å². The van der Waals surface area contributed by atoms with Gasteiger partial charge in [0, 0.05) is 19.4 Å². The number of aliphatic carboxylic acids is 3. The SMILES string of the molecule is CCC(=O)NCCCC[C@H](NC(=O)N[C@@H](CCC(=O)O)C(=O)O)C(=O)O. The highest BCUT2D eigenvalue weighted by Crippen LogP contribution is 2.03. The summed E-state index contributed by atoms with van der Waals surface area (Å²) in [6.45, 7) is 2.10. The number of hydrogen-bond acceptors (Lipinski definition) is 5. The first-order valence-electron chi connectivity index (χ1n) is 8.18. The van der Waals surface area contributed by atoms with Gasteiger partial charge in [-0.2, -0.15) is 0 Å². The maximum Gasteiger partial charge on any atom is 0.326 e. The Labute approximate surface area is 150 Å². The van der Waals surface area contributed by atoms with E-state index in [1.807, 2.05) is 5.32 Å². The molecule has 0 spiro atoms. The van der Waals surface area contributed by atoms with Crippen LogP contribution in [0, 0.1) is 0 Å². The van der Waals surface area contributed by atoms with Gasteiger partial charge in [0.25, 0.3) is 0 Å². The largest absolute Gasteiger partial charge is 0.481 e. The molecule has 0 heterocycles. The van der Waals surface area contributed by atoms with Crippen LogP contribution < -0.4 is 16.0 Å². The molecule has 11 nitrogen and oxygen atoms in total. The summed E-state index contributed by atoms with van der Waals surface area (Å²) >= 11 is 0. The van der Waals surface area contributed by atoms with Crippen molar-refractivity contribution >= 4 is 29.8 Å². The summed E-state index contributed by atoms with van der Waals surface area (Å²) < 4.78 is 0. The fourth-order valence-corrected chi connectivity index (χ4v) is 1.97. The van der Waals surface area contributed by atoms with Gasteiger partial charge in [-0.1, -0.05) is 6.92 Å². The van der Waals surface area contributed by atoms with E-state index in [0.29, 0.717) is 25.8 Å². The molecule has 0 saturated heterocycles. The molecule has 0 aliphatic heterocycles. The normalized spacial score (nSPS) is 12.5. The standard InChI is InChI=1S/C15H25N3O8/c1-2-11(19)16-8-4-3-5-9(13(22)23)17-15(26)18-10(14(24)25)6-7-12(20)21/h9-10H,2-8H2,1H3,(H,16,19)(H,20,21)(H,22,23)(H,24,25)(H2,17,18,26)/t9-,10-/m0/s1. The lowest BCUT2D eigenvalue weighted by molar-refractivity contribution is -0.140. The van der Waals surface area contributed by atoms with Crippen LogP contribution in [0.2, 0.25) is 0 Å². The van der Waals surface area contributed by atoms with Gasteiger partial charge in [0.1, 0.15) is 12.1 Å². The summed E-state index contributed by atoms with van der Waals surface area (Å²) in [6, 6.07) is -3.68. The van der Waals surface area contributed by atoms with E-state index in [1.54, 1.807) is 6.92 Å². The summed E-state index contributed by atoms with van der Waals surface area (Å²) in [4.78, 5) is 55.5. The van der Waals surface area contributed by atoms with Crippen LogP contribution in [0.4, 0.5) is 4.79 Å². The number of carboxylic acids is 3. The summed E-state index contributed by atoms with van der Waals surface area (Å²) in [7, 11) is 0. The predicted molar refractivity (Wildman–Crippen MR) is 88.5 cm³/mol. The van der Waals surface area contributed by atoms with Gasteiger partial charge >= 0.3 is 23.9 Å². The van der Waals surface area contributed by atoms with E-state index in [4.69, 9.17) is 15.3 Å². The van der Waals surface area contributed by atoms with E-state index in [1.165, 1.54) is 0 Å². The van der Waals surface area contributed by atoms with Crippen LogP contribution in [0.25, 0.3) is 0 Å². The highest BCUT2D eigenvalue weighted by molar-refractivity contribution is 5.86. The monoisotopic (exact) mass is 375 g/mol. The van der Waals surface area contributed by atoms with Gasteiger partial charge in [-0.05, 0) is 25.7 Å². The third kappa shape index (κ3) is 10.8. The van der Waals surface area contributed by atoms with Gasteiger partial charge in [0.05, 0.1) is 0 Å². The average molecular weight is 375 g/mol. The predicted octanol–water partition coefficient (Wildman–Crippen LogP) is -0.247. The topological polar surface area (TPSA) is 182 Å². The van der Waals surface area contributed by atoms with Crippen LogP contribution in [0.15, 0.2) is 0 Å². The second-order valence-electron chi connectivity index (χ2n) is 5.53. The summed E-state index contributed by atoms with van der Waals surface area (Å²) in [5.41, 5.74) is 0. The first kappa shape index (κ1) is 23.1. The fourth-order valence-electron chi connectivity index (χ4n) is 1.97. The number of carboxylic acid groups (broad SMARTS) is 3. The molecule has 0 rings (SSSR count). The molecular formula is C15H25N3O8. The molecule has 26 heavy (non-hydrogen) atoms. The van der Waals surface area contributed by atoms with Crippen LogP contribution >= 0.6 is 0 Å². The maximum atomic E-state index is 11.8. The van der Waals surface area contributed by atoms with E-state index in [0.717, 1.165) is 0 Å². The Morgan fingerprint density at radius 2 is 1.38 bits per heavy atom. The van der Waals surface area contributed by atoms with Crippen molar-refractivity contribution in [3.8, 4) is 0 Å².